The molecule has 0 aromatic heterocycles. The number of aliphatic carboxylic acids is 2. The van der Waals surface area contributed by atoms with E-state index in [0.717, 1.165) is 5.56 Å². The lowest BCUT2D eigenvalue weighted by Crippen LogP contribution is -2.53. The Morgan fingerprint density at radius 3 is 2.19 bits per heavy atom. The van der Waals surface area contributed by atoms with Crippen LogP contribution in [0.5, 0.6) is 0 Å². The first-order valence-electron chi connectivity index (χ1n) is 8.05. The zero-order chi connectivity index (χ0) is 19.7. The Labute approximate surface area is 150 Å². The molecular formula is C17H23N3O6. The summed E-state index contributed by atoms with van der Waals surface area (Å²) in [6, 6.07) is 5.57. The minimum absolute atomic E-state index is 0.0682. The molecule has 26 heavy (non-hydrogen) atoms. The molecular weight excluding hydrogens is 342 g/mol. The number of amides is 2. The summed E-state index contributed by atoms with van der Waals surface area (Å²) in [6.07, 6.45) is -0.241. The molecule has 9 nitrogen and oxygen atoms in total. The van der Waals surface area contributed by atoms with Gasteiger partial charge in [-0.2, -0.15) is 0 Å². The van der Waals surface area contributed by atoms with Gasteiger partial charge in [0.25, 0.3) is 0 Å². The van der Waals surface area contributed by atoms with Gasteiger partial charge in [-0.05, 0) is 18.9 Å². The van der Waals surface area contributed by atoms with E-state index in [4.69, 9.17) is 10.8 Å². The zero-order valence-corrected chi connectivity index (χ0v) is 14.3. The molecule has 1 aromatic carbocycles. The van der Waals surface area contributed by atoms with Gasteiger partial charge in [0.05, 0.1) is 6.04 Å². The summed E-state index contributed by atoms with van der Waals surface area (Å²) in [5.74, 6) is -3.63. The average molecular weight is 365 g/mol. The number of hydrogen-bond acceptors (Lipinski definition) is 5. The Morgan fingerprint density at radius 2 is 1.65 bits per heavy atom. The summed E-state index contributed by atoms with van der Waals surface area (Å²) in [7, 11) is 0. The van der Waals surface area contributed by atoms with Crippen LogP contribution < -0.4 is 16.4 Å². The van der Waals surface area contributed by atoms with E-state index in [1.807, 2.05) is 0 Å². The first-order valence-corrected chi connectivity index (χ1v) is 8.05. The summed E-state index contributed by atoms with van der Waals surface area (Å²) < 4.78 is 0. The van der Waals surface area contributed by atoms with Crippen LogP contribution in [-0.4, -0.2) is 52.1 Å². The Hall–Kier alpha value is -2.94. The molecule has 1 rings (SSSR count). The molecule has 3 unspecified atom stereocenters. The van der Waals surface area contributed by atoms with Crippen LogP contribution in [0.1, 0.15) is 25.3 Å². The number of hydrogen-bond donors (Lipinski definition) is 5. The first kappa shape index (κ1) is 21.1. The van der Waals surface area contributed by atoms with E-state index >= 15 is 0 Å². The fourth-order valence-electron chi connectivity index (χ4n) is 2.14. The van der Waals surface area contributed by atoms with Crippen LogP contribution in [0.3, 0.4) is 0 Å². The topological polar surface area (TPSA) is 159 Å². The van der Waals surface area contributed by atoms with Crippen LogP contribution in [0.15, 0.2) is 30.3 Å². The lowest BCUT2D eigenvalue weighted by atomic mass is 10.1. The van der Waals surface area contributed by atoms with Crippen LogP contribution in [0, 0.1) is 0 Å². The summed E-state index contributed by atoms with van der Waals surface area (Å²) in [4.78, 5) is 45.9. The number of nitrogens with one attached hydrogen (secondary N) is 2. The van der Waals surface area contributed by atoms with E-state index in [1.54, 1.807) is 30.3 Å². The van der Waals surface area contributed by atoms with Gasteiger partial charge in [-0.3, -0.25) is 14.4 Å². The molecule has 1 aromatic rings. The van der Waals surface area contributed by atoms with Gasteiger partial charge in [0.1, 0.15) is 12.1 Å². The first-order chi connectivity index (χ1) is 12.2. The highest BCUT2D eigenvalue weighted by Gasteiger charge is 2.25. The number of nitrogens with two attached hydrogens (primary N) is 1. The number of carboxylic acids is 2. The molecule has 6 N–H and O–H groups in total. The lowest BCUT2D eigenvalue weighted by molar-refractivity contribution is -0.142. The molecule has 0 aliphatic rings. The molecule has 0 saturated heterocycles. The summed E-state index contributed by atoms with van der Waals surface area (Å²) >= 11 is 0. The van der Waals surface area contributed by atoms with Crippen molar-refractivity contribution in [2.24, 2.45) is 5.73 Å². The van der Waals surface area contributed by atoms with Crippen molar-refractivity contribution in [3.8, 4) is 0 Å². The highest BCUT2D eigenvalue weighted by Crippen LogP contribution is 2.04. The number of carboxylic acid groups (broad SMARTS) is 2. The molecule has 9 heteroatoms. The van der Waals surface area contributed by atoms with Crippen molar-refractivity contribution in [3.63, 3.8) is 0 Å². The molecule has 142 valence electrons. The standard InChI is InChI=1S/C17H23N3O6/c1-10(19-16(24)12(18)7-8-14(21)22)15(23)20-13(17(25)26)9-11-5-3-2-4-6-11/h2-6,10,12-13H,7-9,18H2,1H3,(H,19,24)(H,20,23)(H,21,22)(H,25,26). The second-order valence-corrected chi connectivity index (χ2v) is 5.86. The number of rotatable bonds is 10. The van der Waals surface area contributed by atoms with Gasteiger partial charge >= 0.3 is 11.9 Å². The molecule has 3 atom stereocenters. The molecule has 0 bridgehead atoms. The van der Waals surface area contributed by atoms with Gasteiger partial charge in [-0.25, -0.2) is 4.79 Å². The van der Waals surface area contributed by atoms with E-state index in [1.165, 1.54) is 6.92 Å². The fourth-order valence-corrected chi connectivity index (χ4v) is 2.14. The van der Waals surface area contributed by atoms with Crippen molar-refractivity contribution in [1.82, 2.24) is 10.6 Å². The highest BCUT2D eigenvalue weighted by molar-refractivity contribution is 5.91. The maximum Gasteiger partial charge on any atom is 0.326 e. The second kappa shape index (κ2) is 10.1. The van der Waals surface area contributed by atoms with Gasteiger partial charge in [0.2, 0.25) is 11.8 Å². The van der Waals surface area contributed by atoms with Crippen LogP contribution in [0.4, 0.5) is 0 Å². The average Bonchev–Trinajstić information content (AvgIpc) is 2.59. The minimum Gasteiger partial charge on any atom is -0.481 e. The smallest absolute Gasteiger partial charge is 0.326 e. The third kappa shape index (κ3) is 7.31. The van der Waals surface area contributed by atoms with Gasteiger partial charge in [-0.1, -0.05) is 30.3 Å². The summed E-state index contributed by atoms with van der Waals surface area (Å²) in [5.41, 5.74) is 6.31. The minimum atomic E-state index is -1.20. The third-order valence-electron chi connectivity index (χ3n) is 3.66. The predicted molar refractivity (Wildman–Crippen MR) is 92.2 cm³/mol. The lowest BCUT2D eigenvalue weighted by Gasteiger charge is -2.20. The normalized spacial score (nSPS) is 13.9. The van der Waals surface area contributed by atoms with Crippen molar-refractivity contribution < 1.29 is 29.4 Å². The number of carbonyl (C=O) groups excluding carboxylic acids is 2. The molecule has 0 spiro atoms. The Bertz CT molecular complexity index is 649. The molecule has 2 amide bonds. The number of benzene rings is 1. The molecule has 0 aliphatic carbocycles. The van der Waals surface area contributed by atoms with Crippen LogP contribution in [-0.2, 0) is 25.6 Å². The van der Waals surface area contributed by atoms with Crippen molar-refractivity contribution in [2.75, 3.05) is 0 Å². The quantitative estimate of drug-likeness (QED) is 0.373. The van der Waals surface area contributed by atoms with E-state index in [-0.39, 0.29) is 19.3 Å². The fraction of sp³-hybridized carbons (Fsp3) is 0.412. The summed E-state index contributed by atoms with van der Waals surface area (Å²) in [6.45, 7) is 1.39. The van der Waals surface area contributed by atoms with E-state index < -0.39 is 41.9 Å². The van der Waals surface area contributed by atoms with E-state index in [2.05, 4.69) is 10.6 Å². The van der Waals surface area contributed by atoms with Crippen molar-refractivity contribution >= 4 is 23.8 Å². The summed E-state index contributed by atoms with van der Waals surface area (Å²) in [5, 5.41) is 22.6. The van der Waals surface area contributed by atoms with Crippen LogP contribution in [0.2, 0.25) is 0 Å². The number of carbonyl (C=O) groups is 4. The van der Waals surface area contributed by atoms with E-state index in [9.17, 15) is 24.3 Å². The molecule has 0 aliphatic heterocycles. The zero-order valence-electron chi connectivity index (χ0n) is 14.3. The van der Waals surface area contributed by atoms with Gasteiger partial charge in [-0.15, -0.1) is 0 Å². The van der Waals surface area contributed by atoms with Crippen molar-refractivity contribution in [3.05, 3.63) is 35.9 Å². The highest BCUT2D eigenvalue weighted by atomic mass is 16.4. The van der Waals surface area contributed by atoms with Crippen LogP contribution in [0.25, 0.3) is 0 Å². The van der Waals surface area contributed by atoms with E-state index in [0.29, 0.717) is 0 Å². The van der Waals surface area contributed by atoms with Crippen molar-refractivity contribution in [2.45, 2.75) is 44.3 Å². The molecule has 0 heterocycles. The van der Waals surface area contributed by atoms with Crippen molar-refractivity contribution in [1.29, 1.82) is 0 Å². The predicted octanol–water partition coefficient (Wildman–Crippen LogP) is -0.505. The molecule has 0 saturated carbocycles. The Balaban J connectivity index is 2.58. The van der Waals surface area contributed by atoms with Gasteiger partial charge < -0.3 is 26.6 Å². The Kier molecular flexibility index (Phi) is 8.23. The second-order valence-electron chi connectivity index (χ2n) is 5.86. The third-order valence-corrected chi connectivity index (χ3v) is 3.66. The Morgan fingerprint density at radius 1 is 1.04 bits per heavy atom. The maximum absolute atomic E-state index is 12.1. The van der Waals surface area contributed by atoms with Gasteiger partial charge in [0, 0.05) is 12.8 Å². The largest absolute Gasteiger partial charge is 0.481 e. The maximum atomic E-state index is 12.1. The van der Waals surface area contributed by atoms with Gasteiger partial charge in [0.15, 0.2) is 0 Å². The monoisotopic (exact) mass is 365 g/mol. The molecule has 0 radical (unpaired) electrons. The SMILES string of the molecule is CC(NC(=O)C(N)CCC(=O)O)C(=O)NC(Cc1ccccc1)C(=O)O. The molecule has 0 fully saturated rings. The van der Waals surface area contributed by atoms with Crippen LogP contribution >= 0.6 is 0 Å².